The molecule has 1 unspecified atom stereocenters. The summed E-state index contributed by atoms with van der Waals surface area (Å²) in [6, 6.07) is 13.9. The average molecular weight is 373 g/mol. The molecule has 3 aromatic rings. The average Bonchev–Trinajstić information content (AvgIpc) is 2.94. The van der Waals surface area contributed by atoms with E-state index < -0.39 is 5.54 Å². The van der Waals surface area contributed by atoms with Crippen molar-refractivity contribution in [3.05, 3.63) is 72.3 Å². The molecule has 0 saturated heterocycles. The summed E-state index contributed by atoms with van der Waals surface area (Å²) in [7, 11) is 1.66. The maximum Gasteiger partial charge on any atom is 0.266 e. The van der Waals surface area contributed by atoms with Crippen LogP contribution in [0.4, 0.5) is 0 Å². The van der Waals surface area contributed by atoms with Gasteiger partial charge in [0.2, 0.25) is 0 Å². The molecule has 27 heavy (non-hydrogen) atoms. The summed E-state index contributed by atoms with van der Waals surface area (Å²) in [5.74, 6) is 0.0802. The van der Waals surface area contributed by atoms with Crippen molar-refractivity contribution in [2.24, 2.45) is 10.7 Å². The van der Waals surface area contributed by atoms with Gasteiger partial charge in [-0.05, 0) is 23.8 Å². The minimum absolute atomic E-state index is 0.143. The highest BCUT2D eigenvalue weighted by Gasteiger charge is 2.53. The first kappa shape index (κ1) is 16.0. The number of amides is 1. The summed E-state index contributed by atoms with van der Waals surface area (Å²) in [6.07, 6.45) is 5.01. The smallest absolute Gasteiger partial charge is 0.266 e. The topological polar surface area (TPSA) is 84.5 Å². The molecule has 5 rings (SSSR count). The first-order valence-corrected chi connectivity index (χ1v) is 9.23. The number of carbonyl (C=O) groups is 1. The summed E-state index contributed by atoms with van der Waals surface area (Å²) in [4.78, 5) is 29.7. The van der Waals surface area contributed by atoms with Gasteiger partial charge in [0.1, 0.15) is 6.33 Å². The molecule has 0 fully saturated rings. The van der Waals surface area contributed by atoms with Crippen molar-refractivity contribution in [1.29, 1.82) is 0 Å². The molecule has 1 spiro atoms. The van der Waals surface area contributed by atoms with Crippen molar-refractivity contribution >= 4 is 23.6 Å². The van der Waals surface area contributed by atoms with E-state index in [4.69, 9.17) is 5.73 Å². The molecule has 132 valence electrons. The van der Waals surface area contributed by atoms with Crippen LogP contribution in [-0.4, -0.2) is 33.8 Å². The van der Waals surface area contributed by atoms with Gasteiger partial charge in [-0.15, -0.1) is 0 Å². The Morgan fingerprint density at radius 1 is 1.00 bits per heavy atom. The van der Waals surface area contributed by atoms with E-state index in [1.54, 1.807) is 31.2 Å². The molecule has 2 aromatic carbocycles. The van der Waals surface area contributed by atoms with E-state index in [9.17, 15) is 4.79 Å². The van der Waals surface area contributed by atoms with Gasteiger partial charge in [0.15, 0.2) is 11.5 Å². The standard InChI is InChI=1S/C20H15N5OS/c1-25-18(26)20(24-19(25)21)14-4-2-3-5-16(14)27-17-7-6-12(8-15(17)20)13-9-22-11-23-10-13/h2-11H,1H3,(H2,21,24). The van der Waals surface area contributed by atoms with E-state index in [1.807, 2.05) is 42.5 Å². The second-order valence-corrected chi connectivity index (χ2v) is 7.56. The van der Waals surface area contributed by atoms with Crippen molar-refractivity contribution < 1.29 is 4.79 Å². The summed E-state index contributed by atoms with van der Waals surface area (Å²) < 4.78 is 0. The second-order valence-electron chi connectivity index (χ2n) is 6.48. The van der Waals surface area contributed by atoms with E-state index in [1.165, 1.54) is 11.2 Å². The third kappa shape index (κ3) is 2.15. The van der Waals surface area contributed by atoms with Gasteiger partial charge >= 0.3 is 0 Å². The van der Waals surface area contributed by atoms with Gasteiger partial charge < -0.3 is 5.73 Å². The third-order valence-corrected chi connectivity index (χ3v) is 6.15. The molecular formula is C20H15N5OS. The first-order chi connectivity index (χ1) is 13.1. The Labute approximate surface area is 160 Å². The maximum atomic E-state index is 13.4. The number of aliphatic imine (C=N–C) groups is 1. The highest BCUT2D eigenvalue weighted by molar-refractivity contribution is 7.99. The lowest BCUT2D eigenvalue weighted by atomic mass is 9.81. The van der Waals surface area contributed by atoms with E-state index in [0.29, 0.717) is 0 Å². The number of nitrogens with zero attached hydrogens (tertiary/aromatic N) is 4. The molecule has 3 heterocycles. The number of rotatable bonds is 1. The highest BCUT2D eigenvalue weighted by Crippen LogP contribution is 2.52. The number of fused-ring (bicyclic) bond motifs is 4. The molecule has 6 nitrogen and oxygen atoms in total. The highest BCUT2D eigenvalue weighted by atomic mass is 32.2. The van der Waals surface area contributed by atoms with Crippen LogP contribution in [0.25, 0.3) is 11.1 Å². The van der Waals surface area contributed by atoms with E-state index in [-0.39, 0.29) is 11.9 Å². The number of nitrogens with two attached hydrogens (primary N) is 1. The van der Waals surface area contributed by atoms with Gasteiger partial charge in [0.05, 0.1) is 0 Å². The van der Waals surface area contributed by atoms with Crippen molar-refractivity contribution in [2.75, 3.05) is 7.05 Å². The lowest BCUT2D eigenvalue weighted by molar-refractivity contribution is -0.129. The van der Waals surface area contributed by atoms with Crippen LogP contribution in [0.3, 0.4) is 0 Å². The summed E-state index contributed by atoms with van der Waals surface area (Å²) in [6.45, 7) is 0. The molecule has 1 aromatic heterocycles. The van der Waals surface area contributed by atoms with Crippen LogP contribution in [-0.2, 0) is 10.3 Å². The van der Waals surface area contributed by atoms with Gasteiger partial charge in [0.25, 0.3) is 5.91 Å². The Bertz CT molecular complexity index is 1110. The van der Waals surface area contributed by atoms with Crippen LogP contribution in [0.1, 0.15) is 11.1 Å². The number of likely N-dealkylation sites (N-methyl/N-ethyl adjacent to an activating group) is 1. The quantitative estimate of drug-likeness (QED) is 0.709. The van der Waals surface area contributed by atoms with Gasteiger partial charge in [-0.25, -0.2) is 15.0 Å². The number of carbonyl (C=O) groups excluding carboxylic acids is 1. The van der Waals surface area contributed by atoms with Gasteiger partial charge in [0, 0.05) is 45.9 Å². The van der Waals surface area contributed by atoms with Crippen molar-refractivity contribution in [2.45, 2.75) is 15.3 Å². The van der Waals surface area contributed by atoms with Crippen LogP contribution in [0, 0.1) is 0 Å². The Balaban J connectivity index is 1.81. The van der Waals surface area contributed by atoms with Crippen molar-refractivity contribution in [3.63, 3.8) is 0 Å². The fourth-order valence-corrected chi connectivity index (χ4v) is 4.80. The van der Waals surface area contributed by atoms with Crippen molar-refractivity contribution in [1.82, 2.24) is 14.9 Å². The minimum Gasteiger partial charge on any atom is -0.369 e. The molecule has 0 aliphatic carbocycles. The Morgan fingerprint density at radius 3 is 2.48 bits per heavy atom. The molecule has 2 aliphatic heterocycles. The van der Waals surface area contributed by atoms with Crippen LogP contribution in [0.2, 0.25) is 0 Å². The summed E-state index contributed by atoms with van der Waals surface area (Å²) in [5, 5.41) is 0. The van der Waals surface area contributed by atoms with E-state index in [2.05, 4.69) is 15.0 Å². The Morgan fingerprint density at radius 2 is 1.74 bits per heavy atom. The molecule has 2 N–H and O–H groups in total. The zero-order valence-corrected chi connectivity index (χ0v) is 15.3. The minimum atomic E-state index is -1.15. The Hall–Kier alpha value is -3.19. The normalized spacial score (nSPS) is 20.4. The van der Waals surface area contributed by atoms with Crippen LogP contribution < -0.4 is 5.73 Å². The maximum absolute atomic E-state index is 13.4. The zero-order valence-electron chi connectivity index (χ0n) is 14.5. The Kier molecular flexibility index (Phi) is 3.35. The van der Waals surface area contributed by atoms with Crippen LogP contribution in [0.5, 0.6) is 0 Å². The van der Waals surface area contributed by atoms with E-state index >= 15 is 0 Å². The predicted octanol–water partition coefficient (Wildman–Crippen LogP) is 2.64. The fraction of sp³-hybridized carbons (Fsp3) is 0.100. The molecule has 0 bridgehead atoms. The van der Waals surface area contributed by atoms with E-state index in [0.717, 1.165) is 32.0 Å². The van der Waals surface area contributed by atoms with Crippen LogP contribution >= 0.6 is 11.8 Å². The molecule has 1 atom stereocenters. The number of hydrogen-bond acceptors (Lipinski definition) is 6. The van der Waals surface area contributed by atoms with Crippen molar-refractivity contribution in [3.8, 4) is 11.1 Å². The molecule has 7 heteroatoms. The molecule has 0 saturated carbocycles. The fourth-order valence-electron chi connectivity index (χ4n) is 3.64. The largest absolute Gasteiger partial charge is 0.369 e. The second kappa shape index (κ2) is 5.65. The first-order valence-electron chi connectivity index (χ1n) is 8.42. The summed E-state index contributed by atoms with van der Waals surface area (Å²) >= 11 is 1.64. The molecule has 2 aliphatic rings. The molecule has 0 radical (unpaired) electrons. The predicted molar refractivity (Wildman–Crippen MR) is 103 cm³/mol. The van der Waals surface area contributed by atoms with Gasteiger partial charge in [-0.1, -0.05) is 36.0 Å². The number of benzene rings is 2. The van der Waals surface area contributed by atoms with Gasteiger partial charge in [-0.2, -0.15) is 0 Å². The van der Waals surface area contributed by atoms with Gasteiger partial charge in [-0.3, -0.25) is 9.69 Å². The third-order valence-electron chi connectivity index (χ3n) is 5.00. The number of guanidine groups is 1. The summed E-state index contributed by atoms with van der Waals surface area (Å²) in [5.41, 5.74) is 8.43. The molecule has 1 amide bonds. The lowest BCUT2D eigenvalue weighted by Crippen LogP contribution is -2.42. The molecular weight excluding hydrogens is 358 g/mol. The lowest BCUT2D eigenvalue weighted by Gasteiger charge is -2.33. The van der Waals surface area contributed by atoms with Crippen LogP contribution in [0.15, 0.2) is 76.0 Å². The number of aromatic nitrogens is 2. The zero-order chi connectivity index (χ0) is 18.6. The number of hydrogen-bond donors (Lipinski definition) is 1. The monoisotopic (exact) mass is 373 g/mol. The SMILES string of the molecule is CN1C(=O)C2(N=C1N)c1ccccc1Sc1ccc(-c3cncnc3)cc12.